The number of ether oxygens (including phenoxy) is 1. The summed E-state index contributed by atoms with van der Waals surface area (Å²) in [7, 11) is 0. The minimum Gasteiger partial charge on any atom is -0.508 e. The molecule has 0 amide bonds. The number of phenols is 1. The maximum atomic E-state index is 12.9. The molecule has 0 spiro atoms. The number of aromatic hydroxyl groups is 1. The molecular weight excluding hydrogens is 476 g/mol. The Morgan fingerprint density at radius 3 is 2.16 bits per heavy atom. The zero-order valence-electron chi connectivity index (χ0n) is 22.8. The van der Waals surface area contributed by atoms with Gasteiger partial charge in [-0.1, -0.05) is 82.6 Å². The molecule has 204 valence electrons. The van der Waals surface area contributed by atoms with Crippen LogP contribution < -0.4 is 10.2 Å². The Morgan fingerprint density at radius 2 is 1.47 bits per heavy atom. The number of hydrogen-bond donors (Lipinski definition) is 1. The van der Waals surface area contributed by atoms with Gasteiger partial charge in [0.05, 0.1) is 10.9 Å². The highest BCUT2D eigenvalue weighted by Gasteiger charge is 2.12. The number of benzene rings is 2. The van der Waals surface area contributed by atoms with Crippen molar-refractivity contribution < 1.29 is 19.1 Å². The molecule has 38 heavy (non-hydrogen) atoms. The summed E-state index contributed by atoms with van der Waals surface area (Å²) in [4.78, 5) is 25.2. The van der Waals surface area contributed by atoms with Gasteiger partial charge in [-0.25, -0.2) is 0 Å². The first-order valence-electron chi connectivity index (χ1n) is 14.3. The third kappa shape index (κ3) is 9.85. The fourth-order valence-electron chi connectivity index (χ4n) is 4.53. The summed E-state index contributed by atoms with van der Waals surface area (Å²) < 4.78 is 11.1. The first-order chi connectivity index (χ1) is 18.6. The number of phenolic OH excluding ortho intramolecular Hbond substituents is 1. The van der Waals surface area contributed by atoms with E-state index >= 15 is 0 Å². The van der Waals surface area contributed by atoms with Gasteiger partial charge in [-0.3, -0.25) is 9.59 Å². The largest absolute Gasteiger partial charge is 0.508 e. The lowest BCUT2D eigenvalue weighted by Gasteiger charge is -2.07. The molecule has 0 saturated heterocycles. The minimum atomic E-state index is -0.273. The number of unbranched alkanes of at least 4 members (excludes halogenated alkanes) is 11. The second kappa shape index (κ2) is 16.5. The third-order valence-electron chi connectivity index (χ3n) is 6.80. The van der Waals surface area contributed by atoms with E-state index in [1.54, 1.807) is 30.3 Å². The highest BCUT2D eigenvalue weighted by atomic mass is 16.5. The smallest absolute Gasteiger partial charge is 0.311 e. The third-order valence-corrected chi connectivity index (χ3v) is 6.80. The molecule has 0 aliphatic rings. The van der Waals surface area contributed by atoms with Gasteiger partial charge in [0.25, 0.3) is 0 Å². The van der Waals surface area contributed by atoms with Crippen molar-refractivity contribution in [2.24, 2.45) is 0 Å². The van der Waals surface area contributed by atoms with Crippen molar-refractivity contribution in [2.75, 3.05) is 0 Å². The van der Waals surface area contributed by atoms with E-state index in [1.165, 1.54) is 76.2 Å². The molecule has 0 fully saturated rings. The summed E-state index contributed by atoms with van der Waals surface area (Å²) in [6, 6.07) is 11.2. The van der Waals surface area contributed by atoms with Gasteiger partial charge in [0.2, 0.25) is 0 Å². The predicted octanol–water partition coefficient (Wildman–Crippen LogP) is 9.11. The average molecular weight is 519 g/mol. The van der Waals surface area contributed by atoms with Crippen molar-refractivity contribution in [3.05, 3.63) is 71.1 Å². The average Bonchev–Trinajstić information content (AvgIpc) is 2.92. The van der Waals surface area contributed by atoms with E-state index in [0.717, 1.165) is 25.7 Å². The van der Waals surface area contributed by atoms with Gasteiger partial charge in [-0.05, 0) is 61.9 Å². The monoisotopic (exact) mass is 518 g/mol. The van der Waals surface area contributed by atoms with E-state index in [9.17, 15) is 14.7 Å². The predicted molar refractivity (Wildman–Crippen MR) is 155 cm³/mol. The van der Waals surface area contributed by atoms with Crippen LogP contribution in [0.15, 0.2) is 70.1 Å². The first-order valence-corrected chi connectivity index (χ1v) is 14.3. The lowest BCUT2D eigenvalue weighted by molar-refractivity contribution is -0.134. The normalized spacial score (nSPS) is 11.4. The number of carbonyl (C=O) groups excluding carboxylic acids is 1. The topological polar surface area (TPSA) is 76.7 Å². The van der Waals surface area contributed by atoms with Gasteiger partial charge in [0, 0.05) is 12.5 Å². The molecule has 0 radical (unpaired) electrons. The highest BCUT2D eigenvalue weighted by Crippen LogP contribution is 2.24. The van der Waals surface area contributed by atoms with Crippen LogP contribution in [0.3, 0.4) is 0 Å². The molecule has 0 saturated carbocycles. The molecule has 3 rings (SSSR count). The molecule has 5 heteroatoms. The van der Waals surface area contributed by atoms with Crippen LogP contribution in [0, 0.1) is 0 Å². The second-order valence-corrected chi connectivity index (χ2v) is 9.99. The molecule has 0 bridgehead atoms. The van der Waals surface area contributed by atoms with Crippen LogP contribution in [0.25, 0.3) is 22.1 Å². The zero-order valence-corrected chi connectivity index (χ0v) is 22.8. The van der Waals surface area contributed by atoms with Crippen molar-refractivity contribution in [1.29, 1.82) is 0 Å². The SMILES string of the molecule is CCCCCCCC/C=C\CCCCCCCC(=O)Oc1ccc2c(=O)c(-c3ccc(O)cc3)coc2c1. The Hall–Kier alpha value is -3.34. The Balaban J connectivity index is 1.31. The summed E-state index contributed by atoms with van der Waals surface area (Å²) in [6.07, 6.45) is 22.2. The molecule has 0 aliphatic carbocycles. The van der Waals surface area contributed by atoms with Crippen molar-refractivity contribution in [3.8, 4) is 22.6 Å². The van der Waals surface area contributed by atoms with Gasteiger partial charge in [0.15, 0.2) is 5.43 Å². The maximum Gasteiger partial charge on any atom is 0.311 e. The van der Waals surface area contributed by atoms with E-state index in [0.29, 0.717) is 34.3 Å². The molecule has 1 heterocycles. The van der Waals surface area contributed by atoms with E-state index in [4.69, 9.17) is 9.15 Å². The number of carbonyl (C=O) groups is 1. The van der Waals surface area contributed by atoms with E-state index in [2.05, 4.69) is 19.1 Å². The summed E-state index contributed by atoms with van der Waals surface area (Å²) in [5.74, 6) is 0.230. The van der Waals surface area contributed by atoms with E-state index < -0.39 is 0 Å². The fraction of sp³-hybridized carbons (Fsp3) is 0.455. The van der Waals surface area contributed by atoms with E-state index in [-0.39, 0.29) is 17.1 Å². The van der Waals surface area contributed by atoms with Gasteiger partial charge in [-0.2, -0.15) is 0 Å². The van der Waals surface area contributed by atoms with Crippen molar-refractivity contribution in [1.82, 2.24) is 0 Å². The Bertz CT molecular complexity index is 1210. The lowest BCUT2D eigenvalue weighted by atomic mass is 10.1. The van der Waals surface area contributed by atoms with Crippen molar-refractivity contribution in [3.63, 3.8) is 0 Å². The van der Waals surface area contributed by atoms with Crippen LogP contribution in [-0.2, 0) is 4.79 Å². The number of rotatable bonds is 17. The van der Waals surface area contributed by atoms with Crippen LogP contribution in [0.2, 0.25) is 0 Å². The van der Waals surface area contributed by atoms with Crippen molar-refractivity contribution >= 4 is 16.9 Å². The summed E-state index contributed by atoms with van der Waals surface area (Å²) in [6.45, 7) is 2.25. The van der Waals surface area contributed by atoms with Gasteiger partial charge in [0.1, 0.15) is 23.3 Å². The Kier molecular flexibility index (Phi) is 12.7. The number of esters is 1. The standard InChI is InChI=1S/C33H42O5/c1-2-3-4-5-6-7-8-9-10-11-12-13-14-15-16-17-32(35)38-28-22-23-29-31(24-28)37-25-30(33(29)36)26-18-20-27(34)21-19-26/h9-10,18-25,34H,2-8,11-17H2,1H3/b10-9-. The molecule has 0 unspecified atom stereocenters. The Morgan fingerprint density at radius 1 is 0.842 bits per heavy atom. The van der Waals surface area contributed by atoms with Gasteiger partial charge >= 0.3 is 5.97 Å². The molecule has 0 aliphatic heterocycles. The van der Waals surface area contributed by atoms with Crippen LogP contribution in [0.5, 0.6) is 11.5 Å². The van der Waals surface area contributed by atoms with Crippen LogP contribution in [-0.4, -0.2) is 11.1 Å². The lowest BCUT2D eigenvalue weighted by Crippen LogP contribution is -2.08. The molecule has 3 aromatic rings. The molecule has 0 atom stereocenters. The quantitative estimate of drug-likeness (QED) is 0.0834. The van der Waals surface area contributed by atoms with Gasteiger partial charge < -0.3 is 14.3 Å². The van der Waals surface area contributed by atoms with Crippen LogP contribution in [0.4, 0.5) is 0 Å². The zero-order chi connectivity index (χ0) is 27.0. The number of hydrogen-bond acceptors (Lipinski definition) is 5. The molecule has 5 nitrogen and oxygen atoms in total. The summed E-state index contributed by atoms with van der Waals surface area (Å²) in [5.41, 5.74) is 1.26. The number of fused-ring (bicyclic) bond motifs is 1. The van der Waals surface area contributed by atoms with E-state index in [1.807, 2.05) is 0 Å². The molecule has 1 aromatic heterocycles. The number of allylic oxidation sites excluding steroid dienone is 2. The van der Waals surface area contributed by atoms with Crippen molar-refractivity contribution in [2.45, 2.75) is 96.8 Å². The summed E-state index contributed by atoms with van der Waals surface area (Å²) >= 11 is 0. The fourth-order valence-corrected chi connectivity index (χ4v) is 4.53. The maximum absolute atomic E-state index is 12.9. The molecular formula is C33H42O5. The van der Waals surface area contributed by atoms with Gasteiger partial charge in [-0.15, -0.1) is 0 Å². The minimum absolute atomic E-state index is 0.132. The molecule has 2 aromatic carbocycles. The Labute approximate surface area is 226 Å². The highest BCUT2D eigenvalue weighted by molar-refractivity contribution is 5.83. The summed E-state index contributed by atoms with van der Waals surface area (Å²) in [5, 5.41) is 9.88. The van der Waals surface area contributed by atoms with Crippen LogP contribution in [0.1, 0.15) is 96.8 Å². The molecule has 1 N–H and O–H groups in total. The second-order valence-electron chi connectivity index (χ2n) is 9.99. The van der Waals surface area contributed by atoms with Crippen LogP contribution >= 0.6 is 0 Å². The first kappa shape index (κ1) is 29.2.